The van der Waals surface area contributed by atoms with Gasteiger partial charge in [0.2, 0.25) is 15.9 Å². The number of anilines is 1. The molecule has 0 saturated heterocycles. The Hall–Kier alpha value is -2.97. The van der Waals surface area contributed by atoms with E-state index in [1.807, 2.05) is 57.2 Å². The summed E-state index contributed by atoms with van der Waals surface area (Å²) in [6.07, 6.45) is 0.806. The molecule has 1 amide bonds. The number of nitrogens with one attached hydrogen (secondary N) is 1. The fourth-order valence-electron chi connectivity index (χ4n) is 3.53. The van der Waals surface area contributed by atoms with Gasteiger partial charge in [0.05, 0.1) is 17.1 Å². The van der Waals surface area contributed by atoms with Crippen LogP contribution in [0.5, 0.6) is 0 Å². The summed E-state index contributed by atoms with van der Waals surface area (Å²) < 4.78 is 28.4. The minimum atomic E-state index is -3.47. The van der Waals surface area contributed by atoms with Crippen molar-refractivity contribution in [3.05, 3.63) is 77.5 Å². The number of nitrogens with zero attached hydrogens (tertiary/aromatic N) is 3. The third-order valence-electron chi connectivity index (χ3n) is 5.25. The lowest BCUT2D eigenvalue weighted by molar-refractivity contribution is -0.116. The number of benzene rings is 2. The lowest BCUT2D eigenvalue weighted by Crippen LogP contribution is -2.30. The van der Waals surface area contributed by atoms with E-state index in [1.165, 1.54) is 4.31 Å². The zero-order valence-corrected chi connectivity index (χ0v) is 19.6. The Morgan fingerprint density at radius 3 is 2.28 bits per heavy atom. The van der Waals surface area contributed by atoms with Crippen molar-refractivity contribution in [3.8, 4) is 0 Å². The molecular formula is C24H30N4O3S. The van der Waals surface area contributed by atoms with Crippen LogP contribution in [-0.4, -0.2) is 41.5 Å². The normalized spacial score (nSPS) is 11.6. The highest BCUT2D eigenvalue weighted by Crippen LogP contribution is 2.18. The van der Waals surface area contributed by atoms with E-state index in [0.29, 0.717) is 31.9 Å². The van der Waals surface area contributed by atoms with Crippen LogP contribution in [-0.2, 0) is 27.8 Å². The highest BCUT2D eigenvalue weighted by atomic mass is 32.2. The molecule has 1 heterocycles. The van der Waals surface area contributed by atoms with Crippen molar-refractivity contribution in [2.24, 2.45) is 0 Å². The third kappa shape index (κ3) is 5.83. The van der Waals surface area contributed by atoms with E-state index >= 15 is 0 Å². The molecule has 2 aromatic carbocycles. The van der Waals surface area contributed by atoms with Crippen LogP contribution in [0.15, 0.2) is 65.6 Å². The Morgan fingerprint density at radius 2 is 1.66 bits per heavy atom. The first-order chi connectivity index (χ1) is 15.3. The molecule has 0 aliphatic carbocycles. The van der Waals surface area contributed by atoms with Gasteiger partial charge >= 0.3 is 0 Å². The van der Waals surface area contributed by atoms with Gasteiger partial charge in [0.25, 0.3) is 0 Å². The van der Waals surface area contributed by atoms with Crippen LogP contribution in [0.25, 0.3) is 0 Å². The molecule has 3 aromatic rings. The number of rotatable bonds is 10. The summed E-state index contributed by atoms with van der Waals surface area (Å²) in [7, 11) is -3.47. The van der Waals surface area contributed by atoms with Gasteiger partial charge in [-0.25, -0.2) is 13.1 Å². The molecule has 0 fully saturated rings. The Balaban J connectivity index is 1.60. The maximum atomic E-state index is 12.6. The van der Waals surface area contributed by atoms with Gasteiger partial charge in [-0.2, -0.15) is 9.40 Å². The molecule has 3 rings (SSSR count). The SMILES string of the molecule is CCN(CC)S(=O)(=O)c1ccc(CCC(=O)Nc2cc(C)nn2Cc2ccccc2)cc1. The Morgan fingerprint density at radius 1 is 1.00 bits per heavy atom. The average Bonchev–Trinajstić information content (AvgIpc) is 3.12. The third-order valence-corrected chi connectivity index (χ3v) is 7.32. The summed E-state index contributed by atoms with van der Waals surface area (Å²) in [4.78, 5) is 12.8. The summed E-state index contributed by atoms with van der Waals surface area (Å²) >= 11 is 0. The number of carbonyl (C=O) groups excluding carboxylic acids is 1. The molecule has 8 heteroatoms. The number of hydrogen-bond donors (Lipinski definition) is 1. The zero-order valence-electron chi connectivity index (χ0n) is 18.8. The molecule has 0 saturated carbocycles. The predicted molar refractivity (Wildman–Crippen MR) is 126 cm³/mol. The molecule has 0 unspecified atom stereocenters. The van der Waals surface area contributed by atoms with Gasteiger partial charge in [0.15, 0.2) is 0 Å². The van der Waals surface area contributed by atoms with Gasteiger partial charge < -0.3 is 5.32 Å². The fraction of sp³-hybridized carbons (Fsp3) is 0.333. The largest absolute Gasteiger partial charge is 0.311 e. The second-order valence-corrected chi connectivity index (χ2v) is 9.53. The van der Waals surface area contributed by atoms with Crippen molar-refractivity contribution in [1.29, 1.82) is 0 Å². The molecule has 7 nitrogen and oxygen atoms in total. The summed E-state index contributed by atoms with van der Waals surface area (Å²) in [5.41, 5.74) is 2.85. The van der Waals surface area contributed by atoms with E-state index in [-0.39, 0.29) is 17.2 Å². The van der Waals surface area contributed by atoms with E-state index in [9.17, 15) is 13.2 Å². The Bertz CT molecular complexity index is 1140. The van der Waals surface area contributed by atoms with Gasteiger partial charge in [-0.3, -0.25) is 4.79 Å². The molecule has 1 N–H and O–H groups in total. The van der Waals surface area contributed by atoms with E-state index in [0.717, 1.165) is 16.8 Å². The van der Waals surface area contributed by atoms with Gasteiger partial charge in [0, 0.05) is 25.6 Å². The number of aromatic nitrogens is 2. The highest BCUT2D eigenvalue weighted by Gasteiger charge is 2.21. The van der Waals surface area contributed by atoms with Crippen LogP contribution in [0.2, 0.25) is 0 Å². The first-order valence-electron chi connectivity index (χ1n) is 10.8. The topological polar surface area (TPSA) is 84.3 Å². The van der Waals surface area contributed by atoms with Crippen LogP contribution in [0.1, 0.15) is 37.1 Å². The van der Waals surface area contributed by atoms with E-state index < -0.39 is 10.0 Å². The van der Waals surface area contributed by atoms with Crippen LogP contribution in [0.3, 0.4) is 0 Å². The molecule has 0 bridgehead atoms. The fourth-order valence-corrected chi connectivity index (χ4v) is 4.98. The number of amides is 1. The molecule has 0 atom stereocenters. The van der Waals surface area contributed by atoms with E-state index in [4.69, 9.17) is 0 Å². The van der Waals surface area contributed by atoms with Crippen LogP contribution < -0.4 is 5.32 Å². The average molecular weight is 455 g/mol. The van der Waals surface area contributed by atoms with Crippen molar-refractivity contribution >= 4 is 21.7 Å². The standard InChI is InChI=1S/C24H30N4O3S/c1-4-27(5-2)32(30,31)22-14-11-20(12-15-22)13-16-24(29)25-23-17-19(3)26-28(23)18-21-9-7-6-8-10-21/h6-12,14-15,17H,4-5,13,16,18H2,1-3H3,(H,25,29). The quantitative estimate of drug-likeness (QED) is 0.504. The van der Waals surface area contributed by atoms with E-state index in [1.54, 1.807) is 28.9 Å². The monoisotopic (exact) mass is 454 g/mol. The van der Waals surface area contributed by atoms with Gasteiger partial charge in [0.1, 0.15) is 5.82 Å². The molecule has 0 radical (unpaired) electrons. The van der Waals surface area contributed by atoms with Crippen molar-refractivity contribution < 1.29 is 13.2 Å². The van der Waals surface area contributed by atoms with Gasteiger partial charge in [-0.05, 0) is 36.6 Å². The second-order valence-electron chi connectivity index (χ2n) is 7.60. The number of carbonyl (C=O) groups is 1. The Kier molecular flexibility index (Phi) is 7.82. The molecule has 0 aliphatic heterocycles. The van der Waals surface area contributed by atoms with Gasteiger partial charge in [-0.15, -0.1) is 0 Å². The molecule has 1 aromatic heterocycles. The minimum absolute atomic E-state index is 0.112. The first kappa shape index (κ1) is 23.7. The summed E-state index contributed by atoms with van der Waals surface area (Å²) in [5.74, 6) is 0.552. The predicted octanol–water partition coefficient (Wildman–Crippen LogP) is 3.84. The zero-order chi connectivity index (χ0) is 23.1. The number of sulfonamides is 1. The smallest absolute Gasteiger partial charge is 0.243 e. The van der Waals surface area contributed by atoms with Crippen molar-refractivity contribution in [3.63, 3.8) is 0 Å². The van der Waals surface area contributed by atoms with E-state index in [2.05, 4.69) is 10.4 Å². The highest BCUT2D eigenvalue weighted by molar-refractivity contribution is 7.89. The van der Waals surface area contributed by atoms with Crippen LogP contribution in [0.4, 0.5) is 5.82 Å². The number of aryl methyl sites for hydroxylation is 2. The second kappa shape index (κ2) is 10.6. The maximum absolute atomic E-state index is 12.6. The molecule has 0 spiro atoms. The van der Waals surface area contributed by atoms with Crippen molar-refractivity contribution in [1.82, 2.24) is 14.1 Å². The maximum Gasteiger partial charge on any atom is 0.243 e. The molecule has 0 aliphatic rings. The summed E-state index contributed by atoms with van der Waals surface area (Å²) in [6, 6.07) is 18.6. The van der Waals surface area contributed by atoms with Crippen molar-refractivity contribution in [2.45, 2.75) is 45.1 Å². The molecule has 170 valence electrons. The summed E-state index contributed by atoms with van der Waals surface area (Å²) in [5, 5.41) is 7.43. The van der Waals surface area contributed by atoms with Gasteiger partial charge in [-0.1, -0.05) is 56.3 Å². The summed E-state index contributed by atoms with van der Waals surface area (Å²) in [6.45, 7) is 6.97. The van der Waals surface area contributed by atoms with Crippen molar-refractivity contribution in [2.75, 3.05) is 18.4 Å². The minimum Gasteiger partial charge on any atom is -0.311 e. The Labute approximate surface area is 190 Å². The van der Waals surface area contributed by atoms with Crippen LogP contribution >= 0.6 is 0 Å². The first-order valence-corrected chi connectivity index (χ1v) is 12.2. The lowest BCUT2D eigenvalue weighted by Gasteiger charge is -2.18. The molecule has 32 heavy (non-hydrogen) atoms. The number of hydrogen-bond acceptors (Lipinski definition) is 4. The van der Waals surface area contributed by atoms with Crippen LogP contribution in [0, 0.1) is 6.92 Å². The lowest BCUT2D eigenvalue weighted by atomic mass is 10.1. The molecular weight excluding hydrogens is 424 g/mol.